The molecule has 6 nitrogen and oxygen atoms in total. The maximum Gasteiger partial charge on any atom is 0.213 e. The van der Waals surface area contributed by atoms with E-state index >= 15 is 0 Å². The molecule has 3 heterocycles. The minimum Gasteiger partial charge on any atom is -0.370 e. The summed E-state index contributed by atoms with van der Waals surface area (Å²) in [4.78, 5) is 6.56. The van der Waals surface area contributed by atoms with E-state index in [1.54, 1.807) is 0 Å². The van der Waals surface area contributed by atoms with Gasteiger partial charge in [0.15, 0.2) is 0 Å². The summed E-state index contributed by atoms with van der Waals surface area (Å²) in [7, 11) is 1.83. The van der Waals surface area contributed by atoms with Crippen LogP contribution in [0.25, 0.3) is 0 Å². The number of ether oxygens (including phenoxy) is 1. The number of aromatic nitrogens is 2. The molecule has 0 spiro atoms. The lowest BCUT2D eigenvalue weighted by Gasteiger charge is -2.38. The van der Waals surface area contributed by atoms with Crippen molar-refractivity contribution in [3.05, 3.63) is 52.6 Å². The second kappa shape index (κ2) is 6.43. The normalized spacial score (nSPS) is 25.9. The fourth-order valence-corrected chi connectivity index (χ4v) is 3.86. The third-order valence-electron chi connectivity index (χ3n) is 5.28. The third-order valence-corrected chi connectivity index (χ3v) is 5.28. The van der Waals surface area contributed by atoms with Gasteiger partial charge in [-0.3, -0.25) is 4.90 Å². The highest BCUT2D eigenvalue weighted by Gasteiger charge is 2.37. The van der Waals surface area contributed by atoms with Crippen LogP contribution in [0.1, 0.15) is 35.3 Å². The zero-order valence-corrected chi connectivity index (χ0v) is 14.3. The quantitative estimate of drug-likeness (QED) is 0.884. The molecule has 2 N–H and O–H groups in total. The van der Waals surface area contributed by atoms with Crippen LogP contribution in [0.2, 0.25) is 0 Å². The summed E-state index contributed by atoms with van der Waals surface area (Å²) in [6.07, 6.45) is -0.0464. The Kier molecular flexibility index (Phi) is 4.23. The average Bonchev–Trinajstić information content (AvgIpc) is 3.16. The zero-order valence-electron chi connectivity index (χ0n) is 14.3. The van der Waals surface area contributed by atoms with Crippen LogP contribution in [-0.4, -0.2) is 33.1 Å². The van der Waals surface area contributed by atoms with Gasteiger partial charge in [0.25, 0.3) is 0 Å². The number of nitrogens with two attached hydrogens (primary N) is 1. The molecule has 136 valence electrons. The molecule has 1 aromatic carbocycles. The van der Waals surface area contributed by atoms with Crippen LogP contribution in [0.3, 0.4) is 0 Å². The highest BCUT2D eigenvalue weighted by molar-refractivity contribution is 5.27. The van der Waals surface area contributed by atoms with Gasteiger partial charge in [0.05, 0.1) is 18.0 Å². The van der Waals surface area contributed by atoms with Gasteiger partial charge in [-0.05, 0) is 24.6 Å². The van der Waals surface area contributed by atoms with Crippen molar-refractivity contribution in [3.63, 3.8) is 0 Å². The summed E-state index contributed by atoms with van der Waals surface area (Å²) in [5.41, 5.74) is 8.33. The maximum atomic E-state index is 14.0. The summed E-state index contributed by atoms with van der Waals surface area (Å²) in [6, 6.07) is 5.05. The van der Waals surface area contributed by atoms with E-state index in [0.29, 0.717) is 31.9 Å². The van der Waals surface area contributed by atoms with Crippen LogP contribution in [-0.2, 0) is 24.9 Å². The van der Waals surface area contributed by atoms with Crippen LogP contribution in [0.5, 0.6) is 0 Å². The smallest absolute Gasteiger partial charge is 0.213 e. The lowest BCUT2D eigenvalue weighted by Crippen LogP contribution is -2.47. The molecule has 0 aliphatic carbocycles. The molecule has 8 heteroatoms. The molecule has 2 aliphatic heterocycles. The predicted molar refractivity (Wildman–Crippen MR) is 88.6 cm³/mol. The molecule has 0 amide bonds. The summed E-state index contributed by atoms with van der Waals surface area (Å²) >= 11 is 0. The number of halogens is 2. The van der Waals surface area contributed by atoms with Gasteiger partial charge in [0.1, 0.15) is 23.8 Å². The van der Waals surface area contributed by atoms with Crippen molar-refractivity contribution >= 4 is 0 Å². The number of rotatable bonds is 2. The maximum absolute atomic E-state index is 14.0. The van der Waals surface area contributed by atoms with E-state index in [1.807, 2.05) is 11.6 Å². The minimum atomic E-state index is -0.657. The minimum absolute atomic E-state index is 0.0672. The second-order valence-electron chi connectivity index (χ2n) is 6.88. The molecule has 2 aliphatic rings. The van der Waals surface area contributed by atoms with Crippen molar-refractivity contribution < 1.29 is 13.5 Å². The molecule has 3 atom stereocenters. The fourth-order valence-electron chi connectivity index (χ4n) is 3.86. The van der Waals surface area contributed by atoms with Crippen molar-refractivity contribution in [1.82, 2.24) is 14.5 Å². The number of nitrogens with zero attached hydrogens (tertiary/aromatic N) is 4. The molecule has 1 aromatic heterocycles. The lowest BCUT2D eigenvalue weighted by atomic mass is 9.93. The van der Waals surface area contributed by atoms with Crippen LogP contribution < -0.4 is 5.73 Å². The highest BCUT2D eigenvalue weighted by Crippen LogP contribution is 2.34. The Balaban J connectivity index is 1.46. The third kappa shape index (κ3) is 2.78. The predicted octanol–water partition coefficient (Wildman–Crippen LogP) is 1.74. The summed E-state index contributed by atoms with van der Waals surface area (Å²) in [5, 5.41) is 9.06. The van der Waals surface area contributed by atoms with Crippen molar-refractivity contribution in [2.24, 2.45) is 12.8 Å². The Morgan fingerprint density at radius 2 is 2.15 bits per heavy atom. The molecule has 2 aromatic rings. The van der Waals surface area contributed by atoms with Crippen molar-refractivity contribution in [2.75, 3.05) is 6.61 Å². The Bertz CT molecular complexity index is 890. The first-order valence-corrected chi connectivity index (χ1v) is 8.48. The van der Waals surface area contributed by atoms with Crippen molar-refractivity contribution in [2.45, 2.75) is 37.7 Å². The van der Waals surface area contributed by atoms with E-state index in [1.165, 1.54) is 0 Å². The first-order valence-electron chi connectivity index (χ1n) is 8.48. The van der Waals surface area contributed by atoms with E-state index in [4.69, 9.17) is 15.7 Å². The molecule has 0 bridgehead atoms. The van der Waals surface area contributed by atoms with Crippen LogP contribution >= 0.6 is 0 Å². The molecule has 0 radical (unpaired) electrons. The Morgan fingerprint density at radius 1 is 1.35 bits per heavy atom. The lowest BCUT2D eigenvalue weighted by molar-refractivity contribution is -0.0535. The van der Waals surface area contributed by atoms with E-state index in [2.05, 4.69) is 16.0 Å². The van der Waals surface area contributed by atoms with Crippen molar-refractivity contribution in [1.29, 1.82) is 5.26 Å². The van der Waals surface area contributed by atoms with Gasteiger partial charge in [-0.2, -0.15) is 5.26 Å². The van der Waals surface area contributed by atoms with Crippen molar-refractivity contribution in [3.8, 4) is 6.07 Å². The SMILES string of the molecule is Cn1c(C#N)nc2c1CN([C@H]1CO[C@H](c3cc(F)ccc3F)[C@@H](N)C1)C2. The topological polar surface area (TPSA) is 80.1 Å². The molecule has 26 heavy (non-hydrogen) atoms. The number of benzene rings is 1. The summed E-state index contributed by atoms with van der Waals surface area (Å²) in [6.45, 7) is 1.68. The van der Waals surface area contributed by atoms with E-state index in [-0.39, 0.29) is 11.6 Å². The zero-order chi connectivity index (χ0) is 18.4. The van der Waals surface area contributed by atoms with Gasteiger partial charge in [0, 0.05) is 37.8 Å². The van der Waals surface area contributed by atoms with Gasteiger partial charge in [-0.1, -0.05) is 0 Å². The molecule has 0 unspecified atom stereocenters. The molecule has 1 saturated heterocycles. The van der Waals surface area contributed by atoms with Gasteiger partial charge >= 0.3 is 0 Å². The standard InChI is InChI=1S/C18H19F2N5O/c1-24-16-8-25(7-15(16)23-17(24)6-21)11-5-14(22)18(26-9-11)12-4-10(19)2-3-13(12)20/h2-4,11,14,18H,5,7-9,22H2,1H3/t11-,14+,18-/m1/s1. The monoisotopic (exact) mass is 359 g/mol. The number of hydrogen-bond acceptors (Lipinski definition) is 5. The molecule has 1 fully saturated rings. The number of nitriles is 1. The Labute approximate surface area is 149 Å². The van der Waals surface area contributed by atoms with E-state index in [9.17, 15) is 8.78 Å². The Morgan fingerprint density at radius 3 is 2.85 bits per heavy atom. The number of fused-ring (bicyclic) bond motifs is 1. The molecule has 0 saturated carbocycles. The highest BCUT2D eigenvalue weighted by atomic mass is 19.1. The number of imidazole rings is 1. The van der Waals surface area contributed by atoms with Gasteiger partial charge in [-0.25, -0.2) is 13.8 Å². The Hall–Kier alpha value is -2.34. The van der Waals surface area contributed by atoms with Gasteiger partial charge in [-0.15, -0.1) is 0 Å². The first-order chi connectivity index (χ1) is 12.5. The first kappa shape index (κ1) is 17.1. The molecule has 4 rings (SSSR count). The van der Waals surface area contributed by atoms with Crippen LogP contribution in [0, 0.1) is 23.0 Å². The van der Waals surface area contributed by atoms with E-state index in [0.717, 1.165) is 29.6 Å². The molecular formula is C18H19F2N5O. The summed E-state index contributed by atoms with van der Waals surface area (Å²) < 4.78 is 35.1. The average molecular weight is 359 g/mol. The van der Waals surface area contributed by atoms with Crippen LogP contribution in [0.15, 0.2) is 18.2 Å². The number of hydrogen-bond donors (Lipinski definition) is 1. The fraction of sp³-hybridized carbons (Fsp3) is 0.444. The largest absolute Gasteiger partial charge is 0.370 e. The van der Waals surface area contributed by atoms with Gasteiger partial charge < -0.3 is 15.0 Å². The second-order valence-corrected chi connectivity index (χ2v) is 6.88. The molecular weight excluding hydrogens is 340 g/mol. The summed E-state index contributed by atoms with van der Waals surface area (Å²) in [5.74, 6) is -0.603. The van der Waals surface area contributed by atoms with Gasteiger partial charge in [0.2, 0.25) is 5.82 Å². The van der Waals surface area contributed by atoms with Crippen LogP contribution in [0.4, 0.5) is 8.78 Å². The van der Waals surface area contributed by atoms with E-state index < -0.39 is 23.8 Å².